The number of hydrogen-bond acceptors (Lipinski definition) is 2. The molecular formula is C28H17Br2N3. The first-order valence-electron chi connectivity index (χ1n) is 10.6. The van der Waals surface area contributed by atoms with Crippen molar-refractivity contribution >= 4 is 53.7 Å². The Kier molecular flexibility index (Phi) is 5.08. The van der Waals surface area contributed by atoms with Gasteiger partial charge in [0.15, 0.2) is 0 Å². The lowest BCUT2D eigenvalue weighted by Crippen LogP contribution is -2.04. The molecule has 0 spiro atoms. The molecule has 0 N–H and O–H groups in total. The van der Waals surface area contributed by atoms with E-state index in [4.69, 9.17) is 9.97 Å². The zero-order chi connectivity index (χ0) is 22.4. The fraction of sp³-hybridized carbons (Fsp3) is 0. The lowest BCUT2D eigenvalue weighted by molar-refractivity contribution is 0.995. The van der Waals surface area contributed by atoms with Crippen LogP contribution in [0.5, 0.6) is 0 Å². The third kappa shape index (κ3) is 3.67. The summed E-state index contributed by atoms with van der Waals surface area (Å²) in [6, 6.07) is 35.3. The molecule has 0 aliphatic rings. The smallest absolute Gasteiger partial charge is 0.235 e. The van der Waals surface area contributed by atoms with Gasteiger partial charge in [-0.2, -0.15) is 0 Å². The topological polar surface area (TPSA) is 30.7 Å². The second-order valence-electron chi connectivity index (χ2n) is 7.83. The van der Waals surface area contributed by atoms with Gasteiger partial charge in [-0.05, 0) is 42.5 Å². The summed E-state index contributed by atoms with van der Waals surface area (Å²) in [5, 5.41) is 2.38. The van der Waals surface area contributed by atoms with Crippen LogP contribution in [0.1, 0.15) is 0 Å². The summed E-state index contributed by atoms with van der Waals surface area (Å²) in [6.07, 6.45) is 0. The molecule has 6 aromatic rings. The van der Waals surface area contributed by atoms with Gasteiger partial charge in [0, 0.05) is 30.8 Å². The minimum atomic E-state index is 0.653. The van der Waals surface area contributed by atoms with E-state index in [1.807, 2.05) is 24.3 Å². The summed E-state index contributed by atoms with van der Waals surface area (Å²) in [5.41, 5.74) is 5.99. The maximum absolute atomic E-state index is 5.05. The molecule has 4 aromatic carbocycles. The predicted molar refractivity (Wildman–Crippen MR) is 143 cm³/mol. The van der Waals surface area contributed by atoms with Crippen molar-refractivity contribution in [3.63, 3.8) is 0 Å². The lowest BCUT2D eigenvalue weighted by atomic mass is 10.1. The minimum absolute atomic E-state index is 0.653. The molecule has 0 saturated carbocycles. The molecule has 0 aliphatic carbocycles. The summed E-state index contributed by atoms with van der Waals surface area (Å²) in [4.78, 5) is 10.1. The van der Waals surface area contributed by atoms with Gasteiger partial charge >= 0.3 is 0 Å². The zero-order valence-corrected chi connectivity index (χ0v) is 20.6. The molecule has 158 valence electrons. The standard InChI is InChI=1S/C28H17Br2N3/c29-20-9-5-7-18(15-20)24-17-25(19-8-6-10-21(30)16-19)32-28(31-24)33-26-13-3-1-11-22(26)23-12-2-4-14-27(23)33/h1-17H. The van der Waals surface area contributed by atoms with Gasteiger partial charge in [-0.3, -0.25) is 4.57 Å². The second kappa shape index (κ2) is 8.25. The first-order valence-corrected chi connectivity index (χ1v) is 12.2. The minimum Gasteiger partial charge on any atom is -0.278 e. The van der Waals surface area contributed by atoms with Gasteiger partial charge in [0.1, 0.15) is 0 Å². The van der Waals surface area contributed by atoms with E-state index in [9.17, 15) is 0 Å². The van der Waals surface area contributed by atoms with Crippen LogP contribution in [0.2, 0.25) is 0 Å². The first kappa shape index (κ1) is 20.3. The highest BCUT2D eigenvalue weighted by Gasteiger charge is 2.16. The maximum Gasteiger partial charge on any atom is 0.235 e. The lowest BCUT2D eigenvalue weighted by Gasteiger charge is -2.12. The Labute approximate surface area is 208 Å². The van der Waals surface area contributed by atoms with E-state index in [0.29, 0.717) is 5.95 Å². The van der Waals surface area contributed by atoms with Crippen LogP contribution in [0.15, 0.2) is 112 Å². The van der Waals surface area contributed by atoms with Crippen LogP contribution in [-0.2, 0) is 0 Å². The molecule has 33 heavy (non-hydrogen) atoms. The molecule has 0 radical (unpaired) electrons. The molecule has 6 rings (SSSR count). The Morgan fingerprint density at radius 2 is 1.00 bits per heavy atom. The van der Waals surface area contributed by atoms with E-state index in [1.165, 1.54) is 10.8 Å². The van der Waals surface area contributed by atoms with Crippen molar-refractivity contribution < 1.29 is 0 Å². The molecule has 0 fully saturated rings. The molecule has 0 unspecified atom stereocenters. The predicted octanol–water partition coefficient (Wildman–Crippen LogP) is 8.43. The summed E-state index contributed by atoms with van der Waals surface area (Å²) in [7, 11) is 0. The summed E-state index contributed by atoms with van der Waals surface area (Å²) >= 11 is 7.20. The number of hydrogen-bond donors (Lipinski definition) is 0. The van der Waals surface area contributed by atoms with Gasteiger partial charge in [-0.1, -0.05) is 92.5 Å². The Hall–Kier alpha value is -3.28. The van der Waals surface area contributed by atoms with Crippen molar-refractivity contribution in [3.05, 3.63) is 112 Å². The van der Waals surface area contributed by atoms with E-state index in [-0.39, 0.29) is 0 Å². The van der Waals surface area contributed by atoms with E-state index in [1.54, 1.807) is 0 Å². The quantitative estimate of drug-likeness (QED) is 0.220. The molecular weight excluding hydrogens is 538 g/mol. The first-order chi connectivity index (χ1) is 16.2. The number of fused-ring (bicyclic) bond motifs is 3. The Balaban J connectivity index is 1.69. The van der Waals surface area contributed by atoms with Gasteiger partial charge in [0.05, 0.1) is 22.4 Å². The molecule has 5 heteroatoms. The SMILES string of the molecule is Brc1cccc(-c2cc(-c3cccc(Br)c3)nc(-n3c4ccccc4c4ccccc43)n2)c1. The number of rotatable bonds is 3. The molecule has 0 atom stereocenters. The van der Waals surface area contributed by atoms with Crippen molar-refractivity contribution in [2.45, 2.75) is 0 Å². The average molecular weight is 555 g/mol. The van der Waals surface area contributed by atoms with Crippen molar-refractivity contribution in [2.24, 2.45) is 0 Å². The number of para-hydroxylation sites is 2. The number of benzene rings is 4. The number of halogens is 2. The molecule has 3 nitrogen and oxygen atoms in total. The van der Waals surface area contributed by atoms with Gasteiger partial charge in [-0.25, -0.2) is 9.97 Å². The van der Waals surface area contributed by atoms with E-state index >= 15 is 0 Å². The fourth-order valence-electron chi connectivity index (χ4n) is 4.26. The Bertz CT molecular complexity index is 1540. The Morgan fingerprint density at radius 3 is 1.48 bits per heavy atom. The summed E-state index contributed by atoms with van der Waals surface area (Å²) in [5.74, 6) is 0.653. The zero-order valence-electron chi connectivity index (χ0n) is 17.4. The largest absolute Gasteiger partial charge is 0.278 e. The third-order valence-corrected chi connectivity index (χ3v) is 6.72. The number of nitrogens with zero attached hydrogens (tertiary/aromatic N) is 3. The van der Waals surface area contributed by atoms with E-state index < -0.39 is 0 Å². The molecule has 0 amide bonds. The molecule has 2 heterocycles. The van der Waals surface area contributed by atoms with Gasteiger partial charge in [-0.15, -0.1) is 0 Å². The van der Waals surface area contributed by atoms with Gasteiger partial charge in [0.25, 0.3) is 0 Å². The number of aromatic nitrogens is 3. The van der Waals surface area contributed by atoms with Gasteiger partial charge in [0.2, 0.25) is 5.95 Å². The van der Waals surface area contributed by atoms with Crippen LogP contribution in [0, 0.1) is 0 Å². The third-order valence-electron chi connectivity index (χ3n) is 5.74. The second-order valence-corrected chi connectivity index (χ2v) is 9.66. The van der Waals surface area contributed by atoms with Crippen LogP contribution in [0.3, 0.4) is 0 Å². The highest BCUT2D eigenvalue weighted by Crippen LogP contribution is 2.33. The average Bonchev–Trinajstić information content (AvgIpc) is 3.18. The van der Waals surface area contributed by atoms with Crippen molar-refractivity contribution in [2.75, 3.05) is 0 Å². The molecule has 0 bridgehead atoms. The van der Waals surface area contributed by atoms with Crippen LogP contribution < -0.4 is 0 Å². The van der Waals surface area contributed by atoms with Crippen LogP contribution >= 0.6 is 31.9 Å². The van der Waals surface area contributed by atoms with Gasteiger partial charge < -0.3 is 0 Å². The monoisotopic (exact) mass is 553 g/mol. The van der Waals surface area contributed by atoms with Crippen LogP contribution in [0.25, 0.3) is 50.3 Å². The van der Waals surface area contributed by atoms with Crippen molar-refractivity contribution in [3.8, 4) is 28.5 Å². The maximum atomic E-state index is 5.05. The van der Waals surface area contributed by atoms with E-state index in [0.717, 1.165) is 42.5 Å². The van der Waals surface area contributed by atoms with Crippen LogP contribution in [0.4, 0.5) is 0 Å². The van der Waals surface area contributed by atoms with Crippen LogP contribution in [-0.4, -0.2) is 14.5 Å². The molecule has 0 saturated heterocycles. The fourth-order valence-corrected chi connectivity index (χ4v) is 5.06. The summed E-state index contributed by atoms with van der Waals surface area (Å²) < 4.78 is 4.19. The van der Waals surface area contributed by atoms with Crippen molar-refractivity contribution in [1.29, 1.82) is 0 Å². The van der Waals surface area contributed by atoms with Crippen molar-refractivity contribution in [1.82, 2.24) is 14.5 Å². The van der Waals surface area contributed by atoms with E-state index in [2.05, 4.69) is 115 Å². The highest BCUT2D eigenvalue weighted by atomic mass is 79.9. The molecule has 0 aliphatic heterocycles. The summed E-state index contributed by atoms with van der Waals surface area (Å²) in [6.45, 7) is 0. The highest BCUT2D eigenvalue weighted by molar-refractivity contribution is 9.10. The normalized spacial score (nSPS) is 11.3. The Morgan fingerprint density at radius 1 is 0.515 bits per heavy atom. The molecule has 2 aromatic heterocycles.